The molecule has 5 rings (SSSR count). The molecule has 7 nitrogen and oxygen atoms in total. The summed E-state index contributed by atoms with van der Waals surface area (Å²) in [4.78, 5) is 45.8. The van der Waals surface area contributed by atoms with Gasteiger partial charge in [0.1, 0.15) is 6.04 Å². The third-order valence-electron chi connectivity index (χ3n) is 7.00. The molecule has 1 saturated heterocycles. The first-order chi connectivity index (χ1) is 14.6. The van der Waals surface area contributed by atoms with E-state index >= 15 is 0 Å². The number of rotatable bonds is 2. The molecule has 2 unspecified atom stereocenters. The first kappa shape index (κ1) is 19.2. The van der Waals surface area contributed by atoms with E-state index < -0.39 is 12.0 Å². The Bertz CT molecular complexity index is 1010. The SMILES string of the molecule is COC(=O)C1Cc2c([nH]c3ccccc23)C2CN(C(=O)C3CCCCC3)CC(=O)N12. The number of ether oxygens (including phenoxy) is 1. The molecule has 3 aliphatic rings. The van der Waals surface area contributed by atoms with Crippen molar-refractivity contribution in [2.75, 3.05) is 20.2 Å². The molecule has 1 N–H and O–H groups in total. The lowest BCUT2D eigenvalue weighted by Gasteiger charge is -2.47. The van der Waals surface area contributed by atoms with Crippen molar-refractivity contribution in [1.29, 1.82) is 0 Å². The highest BCUT2D eigenvalue weighted by atomic mass is 16.5. The van der Waals surface area contributed by atoms with Crippen LogP contribution in [0.3, 0.4) is 0 Å². The van der Waals surface area contributed by atoms with Crippen LogP contribution in [-0.4, -0.2) is 58.8 Å². The van der Waals surface area contributed by atoms with Gasteiger partial charge in [-0.05, 0) is 24.5 Å². The highest BCUT2D eigenvalue weighted by molar-refractivity contribution is 5.93. The third kappa shape index (κ3) is 2.99. The van der Waals surface area contributed by atoms with Crippen LogP contribution in [0.2, 0.25) is 0 Å². The van der Waals surface area contributed by atoms with Crippen molar-refractivity contribution in [3.63, 3.8) is 0 Å². The molecule has 2 aliphatic heterocycles. The zero-order chi connectivity index (χ0) is 20.8. The number of H-pyrrole nitrogens is 1. The number of fused-ring (bicyclic) bond motifs is 5. The summed E-state index contributed by atoms with van der Waals surface area (Å²) in [5.74, 6) is -0.493. The standard InChI is InChI=1S/C23H27N3O4/c1-30-23(29)18-11-16-15-9-5-6-10-17(15)24-21(16)19-12-25(13-20(27)26(18)19)22(28)14-7-3-2-4-8-14/h5-6,9-10,14,18-19,24H,2-4,7-8,11-13H2,1H3. The van der Waals surface area contributed by atoms with Gasteiger partial charge in [0.25, 0.3) is 0 Å². The second kappa shape index (κ2) is 7.45. The number of carbonyl (C=O) groups is 3. The Morgan fingerprint density at radius 3 is 2.67 bits per heavy atom. The van der Waals surface area contributed by atoms with Crippen LogP contribution in [0.15, 0.2) is 24.3 Å². The van der Waals surface area contributed by atoms with Gasteiger partial charge in [-0.2, -0.15) is 0 Å². The summed E-state index contributed by atoms with van der Waals surface area (Å²) in [5, 5.41) is 1.06. The predicted molar refractivity (Wildman–Crippen MR) is 111 cm³/mol. The maximum Gasteiger partial charge on any atom is 0.328 e. The number of nitrogens with zero attached hydrogens (tertiary/aromatic N) is 2. The van der Waals surface area contributed by atoms with E-state index in [2.05, 4.69) is 4.98 Å². The summed E-state index contributed by atoms with van der Waals surface area (Å²) >= 11 is 0. The summed E-state index contributed by atoms with van der Waals surface area (Å²) in [5.41, 5.74) is 2.96. The minimum atomic E-state index is -0.661. The van der Waals surface area contributed by atoms with Gasteiger partial charge in [-0.25, -0.2) is 4.79 Å². The molecule has 7 heteroatoms. The normalized spacial score (nSPS) is 24.5. The van der Waals surface area contributed by atoms with E-state index in [1.54, 1.807) is 9.80 Å². The Kier molecular flexibility index (Phi) is 4.76. The number of aromatic amines is 1. The van der Waals surface area contributed by atoms with Crippen molar-refractivity contribution >= 4 is 28.7 Å². The summed E-state index contributed by atoms with van der Waals surface area (Å²) < 4.78 is 5.04. The van der Waals surface area contributed by atoms with Crippen LogP contribution in [0, 0.1) is 5.92 Å². The van der Waals surface area contributed by atoms with Crippen molar-refractivity contribution in [1.82, 2.24) is 14.8 Å². The number of carbonyl (C=O) groups excluding carboxylic acids is 3. The van der Waals surface area contributed by atoms with Gasteiger partial charge in [0.15, 0.2) is 0 Å². The van der Waals surface area contributed by atoms with Gasteiger partial charge in [-0.15, -0.1) is 0 Å². The zero-order valence-corrected chi connectivity index (χ0v) is 17.2. The molecule has 1 aliphatic carbocycles. The van der Waals surface area contributed by atoms with Crippen LogP contribution in [0.1, 0.15) is 49.4 Å². The van der Waals surface area contributed by atoms with E-state index in [9.17, 15) is 14.4 Å². The summed E-state index contributed by atoms with van der Waals surface area (Å²) in [7, 11) is 1.36. The number of aromatic nitrogens is 1. The van der Waals surface area contributed by atoms with E-state index in [0.717, 1.165) is 47.8 Å². The number of hydrogen-bond donors (Lipinski definition) is 1. The summed E-state index contributed by atoms with van der Waals surface area (Å²) in [6.07, 6.45) is 5.55. The number of methoxy groups -OCH3 is 1. The minimum absolute atomic E-state index is 0.0141. The molecule has 0 radical (unpaired) electrons. The van der Waals surface area contributed by atoms with Crippen LogP contribution in [0.5, 0.6) is 0 Å². The van der Waals surface area contributed by atoms with Crippen LogP contribution in [0.25, 0.3) is 10.9 Å². The van der Waals surface area contributed by atoms with Gasteiger partial charge in [-0.3, -0.25) is 9.59 Å². The second-order valence-corrected chi connectivity index (χ2v) is 8.68. The molecular weight excluding hydrogens is 382 g/mol. The number of esters is 1. The predicted octanol–water partition coefficient (Wildman–Crippen LogP) is 2.56. The molecule has 30 heavy (non-hydrogen) atoms. The molecule has 2 fully saturated rings. The molecule has 158 valence electrons. The van der Waals surface area contributed by atoms with Crippen molar-refractivity contribution in [2.45, 2.75) is 50.6 Å². The maximum atomic E-state index is 13.2. The van der Waals surface area contributed by atoms with Crippen molar-refractivity contribution in [2.24, 2.45) is 5.92 Å². The van der Waals surface area contributed by atoms with Gasteiger partial charge in [0, 0.05) is 35.5 Å². The number of nitrogens with one attached hydrogen (secondary N) is 1. The number of piperazine rings is 1. The van der Waals surface area contributed by atoms with Gasteiger partial charge in [-0.1, -0.05) is 37.5 Å². The maximum absolute atomic E-state index is 13.2. The number of hydrogen-bond acceptors (Lipinski definition) is 4. The Balaban J connectivity index is 1.53. The zero-order valence-electron chi connectivity index (χ0n) is 17.2. The fraction of sp³-hybridized carbons (Fsp3) is 0.522. The van der Waals surface area contributed by atoms with E-state index in [1.165, 1.54) is 13.5 Å². The molecule has 2 aromatic rings. The fourth-order valence-corrected chi connectivity index (χ4v) is 5.53. The molecule has 1 aromatic carbocycles. The van der Waals surface area contributed by atoms with E-state index in [1.807, 2.05) is 24.3 Å². The average Bonchev–Trinajstić information content (AvgIpc) is 3.17. The van der Waals surface area contributed by atoms with E-state index in [-0.39, 0.29) is 30.3 Å². The van der Waals surface area contributed by atoms with Crippen LogP contribution in [0.4, 0.5) is 0 Å². The molecule has 3 heterocycles. The third-order valence-corrected chi connectivity index (χ3v) is 7.00. The van der Waals surface area contributed by atoms with Gasteiger partial charge in [0.2, 0.25) is 11.8 Å². The number of amides is 2. The first-order valence-electron chi connectivity index (χ1n) is 10.9. The summed E-state index contributed by atoms with van der Waals surface area (Å²) in [6, 6.07) is 6.95. The Morgan fingerprint density at radius 1 is 1.13 bits per heavy atom. The van der Waals surface area contributed by atoms with Gasteiger partial charge < -0.3 is 19.5 Å². The lowest BCUT2D eigenvalue weighted by atomic mass is 9.86. The molecule has 1 aromatic heterocycles. The Hall–Kier alpha value is -2.83. The minimum Gasteiger partial charge on any atom is -0.467 e. The highest BCUT2D eigenvalue weighted by Crippen LogP contribution is 2.40. The van der Waals surface area contributed by atoms with Crippen LogP contribution in [-0.2, 0) is 25.5 Å². The molecule has 2 atom stereocenters. The van der Waals surface area contributed by atoms with Crippen molar-refractivity contribution < 1.29 is 19.1 Å². The van der Waals surface area contributed by atoms with Gasteiger partial charge >= 0.3 is 5.97 Å². The lowest BCUT2D eigenvalue weighted by molar-refractivity contribution is -0.163. The first-order valence-corrected chi connectivity index (χ1v) is 10.9. The second-order valence-electron chi connectivity index (χ2n) is 8.68. The summed E-state index contributed by atoms with van der Waals surface area (Å²) in [6.45, 7) is 0.448. The van der Waals surface area contributed by atoms with Crippen LogP contribution < -0.4 is 0 Å². The highest BCUT2D eigenvalue weighted by Gasteiger charge is 2.47. The molecule has 2 amide bonds. The smallest absolute Gasteiger partial charge is 0.328 e. The fourth-order valence-electron chi connectivity index (χ4n) is 5.53. The van der Waals surface area contributed by atoms with Gasteiger partial charge in [0.05, 0.1) is 19.7 Å². The average molecular weight is 409 g/mol. The quantitative estimate of drug-likeness (QED) is 0.773. The van der Waals surface area contributed by atoms with Crippen LogP contribution >= 0.6 is 0 Å². The monoisotopic (exact) mass is 409 g/mol. The van der Waals surface area contributed by atoms with Crippen molar-refractivity contribution in [3.05, 3.63) is 35.5 Å². The molecule has 1 saturated carbocycles. The number of benzene rings is 1. The molecule has 0 bridgehead atoms. The lowest BCUT2D eigenvalue weighted by Crippen LogP contribution is -2.61. The topological polar surface area (TPSA) is 82.7 Å². The number of para-hydroxylation sites is 1. The largest absolute Gasteiger partial charge is 0.467 e. The Morgan fingerprint density at radius 2 is 1.90 bits per heavy atom. The molecular formula is C23H27N3O4. The van der Waals surface area contributed by atoms with E-state index in [0.29, 0.717) is 13.0 Å². The van der Waals surface area contributed by atoms with E-state index in [4.69, 9.17) is 4.74 Å². The van der Waals surface area contributed by atoms with Crippen molar-refractivity contribution in [3.8, 4) is 0 Å². The molecule has 0 spiro atoms. The Labute approximate surface area is 175 Å².